The van der Waals surface area contributed by atoms with Crippen molar-refractivity contribution in [1.82, 2.24) is 5.48 Å². The molecule has 3 rings (SSSR count). The molecule has 2 aromatic rings. The van der Waals surface area contributed by atoms with Crippen molar-refractivity contribution >= 4 is 17.3 Å². The molecule has 1 amide bonds. The number of hydrogen-bond acceptors (Lipinski definition) is 4. The van der Waals surface area contributed by atoms with Crippen LogP contribution >= 0.6 is 0 Å². The van der Waals surface area contributed by atoms with E-state index in [2.05, 4.69) is 22.7 Å². The minimum Gasteiger partial charge on any atom is -0.274 e. The Kier molecular flexibility index (Phi) is 4.68. The van der Waals surface area contributed by atoms with Crippen LogP contribution in [-0.4, -0.2) is 18.2 Å². The Labute approximate surface area is 135 Å². The van der Waals surface area contributed by atoms with E-state index < -0.39 is 0 Å². The highest BCUT2D eigenvalue weighted by molar-refractivity contribution is 6.39. The van der Waals surface area contributed by atoms with Crippen LogP contribution in [0.3, 0.4) is 0 Å². The van der Waals surface area contributed by atoms with Gasteiger partial charge in [-0.3, -0.25) is 14.6 Å². The van der Waals surface area contributed by atoms with E-state index in [-0.39, 0.29) is 11.9 Å². The maximum atomic E-state index is 12.2. The Morgan fingerprint density at radius 3 is 2.48 bits per heavy atom. The second-order valence-corrected chi connectivity index (χ2v) is 5.22. The zero-order valence-electron chi connectivity index (χ0n) is 13.0. The fourth-order valence-corrected chi connectivity index (χ4v) is 2.60. The molecule has 23 heavy (non-hydrogen) atoms. The highest BCUT2D eigenvalue weighted by Crippen LogP contribution is 2.34. The summed E-state index contributed by atoms with van der Waals surface area (Å²) in [6.45, 7) is 2.24. The van der Waals surface area contributed by atoms with Crippen molar-refractivity contribution in [2.75, 3.05) is 11.6 Å². The van der Waals surface area contributed by atoms with E-state index in [0.717, 1.165) is 11.3 Å². The topological polar surface area (TPSA) is 53.9 Å². The average molecular weight is 309 g/mol. The molecule has 1 heterocycles. The average Bonchev–Trinajstić information content (AvgIpc) is 3.06. The first-order valence-electron chi connectivity index (χ1n) is 7.68. The summed E-state index contributed by atoms with van der Waals surface area (Å²) in [4.78, 5) is 17.2. The minimum atomic E-state index is -0.286. The molecule has 0 saturated carbocycles. The molecule has 5 nitrogen and oxygen atoms in total. The number of benzene rings is 2. The maximum absolute atomic E-state index is 12.2. The maximum Gasteiger partial charge on any atom is 0.291 e. The third-order valence-electron chi connectivity index (χ3n) is 3.69. The number of carbonyl (C=O) groups excluding carboxylic acids is 1. The molecule has 5 heteroatoms. The van der Waals surface area contributed by atoms with Gasteiger partial charge in [-0.1, -0.05) is 48.5 Å². The van der Waals surface area contributed by atoms with E-state index in [0.29, 0.717) is 18.7 Å². The number of hydrogen-bond donors (Lipinski definition) is 1. The first-order chi connectivity index (χ1) is 11.3. The summed E-state index contributed by atoms with van der Waals surface area (Å²) < 4.78 is 0. The smallest absolute Gasteiger partial charge is 0.274 e. The molecule has 1 aliphatic heterocycles. The fraction of sp³-hybridized carbons (Fsp3) is 0.222. The van der Waals surface area contributed by atoms with Gasteiger partial charge in [-0.2, -0.15) is 5.10 Å². The van der Waals surface area contributed by atoms with Crippen molar-refractivity contribution in [3.05, 3.63) is 66.2 Å². The van der Waals surface area contributed by atoms with Crippen LogP contribution in [-0.2, 0) is 9.63 Å². The molecule has 0 bridgehead atoms. The van der Waals surface area contributed by atoms with Crippen LogP contribution in [0.15, 0.2) is 65.8 Å². The van der Waals surface area contributed by atoms with Gasteiger partial charge in [0.1, 0.15) is 5.71 Å². The predicted octanol–water partition coefficient (Wildman–Crippen LogP) is 3.06. The highest BCUT2D eigenvalue weighted by Gasteiger charge is 2.32. The Morgan fingerprint density at radius 2 is 1.83 bits per heavy atom. The molecule has 0 aliphatic carbocycles. The van der Waals surface area contributed by atoms with Crippen LogP contribution in [0.1, 0.15) is 24.9 Å². The quantitative estimate of drug-likeness (QED) is 0.864. The Hall–Kier alpha value is -2.66. The van der Waals surface area contributed by atoms with Crippen molar-refractivity contribution in [2.45, 2.75) is 19.4 Å². The Balaban J connectivity index is 1.89. The molecule has 1 aliphatic rings. The van der Waals surface area contributed by atoms with Crippen LogP contribution in [0.25, 0.3) is 0 Å². The molecule has 0 radical (unpaired) electrons. The molecule has 0 fully saturated rings. The number of anilines is 1. The summed E-state index contributed by atoms with van der Waals surface area (Å²) in [5, 5.41) is 6.43. The number of nitrogens with zero attached hydrogens (tertiary/aromatic N) is 2. The van der Waals surface area contributed by atoms with Crippen molar-refractivity contribution in [3.8, 4) is 0 Å². The largest absolute Gasteiger partial charge is 0.291 e. The second-order valence-electron chi connectivity index (χ2n) is 5.22. The standard InChI is InChI=1S/C18H19N3O2/c1-2-23-20-18(22)16-13-17(14-9-5-3-6-10-14)21(19-16)15-11-7-4-8-12-15/h3-12,17H,2,13H2,1H3,(H,20,22)/t17-/m0/s1. The van der Waals surface area contributed by atoms with E-state index in [4.69, 9.17) is 4.84 Å². The summed E-state index contributed by atoms with van der Waals surface area (Å²) in [7, 11) is 0. The summed E-state index contributed by atoms with van der Waals surface area (Å²) in [6.07, 6.45) is 0.539. The van der Waals surface area contributed by atoms with Crippen LogP contribution in [0.2, 0.25) is 0 Å². The van der Waals surface area contributed by atoms with Gasteiger partial charge in [-0.05, 0) is 24.6 Å². The number of hydroxylamine groups is 1. The first-order valence-corrected chi connectivity index (χ1v) is 7.68. The van der Waals surface area contributed by atoms with Crippen LogP contribution in [0.5, 0.6) is 0 Å². The molecule has 118 valence electrons. The Bertz CT molecular complexity index is 686. The lowest BCUT2D eigenvalue weighted by molar-refractivity contribution is -0.126. The van der Waals surface area contributed by atoms with Gasteiger partial charge in [0, 0.05) is 6.42 Å². The van der Waals surface area contributed by atoms with E-state index in [9.17, 15) is 4.79 Å². The molecule has 2 aromatic carbocycles. The summed E-state index contributed by atoms with van der Waals surface area (Å²) in [6, 6.07) is 20.0. The van der Waals surface area contributed by atoms with Crippen LogP contribution < -0.4 is 10.5 Å². The summed E-state index contributed by atoms with van der Waals surface area (Å²) in [5.74, 6) is -0.286. The third kappa shape index (κ3) is 3.40. The van der Waals surface area contributed by atoms with Gasteiger partial charge in [0.2, 0.25) is 0 Å². The molecule has 1 atom stereocenters. The monoisotopic (exact) mass is 309 g/mol. The summed E-state index contributed by atoms with van der Waals surface area (Å²) in [5.41, 5.74) is 4.97. The van der Waals surface area contributed by atoms with E-state index in [1.165, 1.54) is 0 Å². The van der Waals surface area contributed by atoms with Crippen LogP contribution in [0, 0.1) is 0 Å². The van der Waals surface area contributed by atoms with E-state index in [1.807, 2.05) is 60.5 Å². The molecular formula is C18H19N3O2. The molecule has 0 unspecified atom stereocenters. The molecule has 1 N–H and O–H groups in total. The molecule has 0 spiro atoms. The minimum absolute atomic E-state index is 0.000904. The number of rotatable bonds is 5. The van der Waals surface area contributed by atoms with Crippen molar-refractivity contribution in [2.24, 2.45) is 5.10 Å². The number of para-hydroxylation sites is 1. The molecular weight excluding hydrogens is 290 g/mol. The van der Waals surface area contributed by atoms with Crippen molar-refractivity contribution in [3.63, 3.8) is 0 Å². The van der Waals surface area contributed by atoms with Gasteiger partial charge in [-0.25, -0.2) is 5.48 Å². The number of amides is 1. The predicted molar refractivity (Wildman–Crippen MR) is 89.9 cm³/mol. The number of nitrogens with one attached hydrogen (secondary N) is 1. The van der Waals surface area contributed by atoms with Gasteiger partial charge in [0.25, 0.3) is 5.91 Å². The van der Waals surface area contributed by atoms with Crippen molar-refractivity contribution < 1.29 is 9.63 Å². The zero-order chi connectivity index (χ0) is 16.1. The molecule has 0 saturated heterocycles. The van der Waals surface area contributed by atoms with Crippen molar-refractivity contribution in [1.29, 1.82) is 0 Å². The van der Waals surface area contributed by atoms with Gasteiger partial charge in [-0.15, -0.1) is 0 Å². The normalized spacial score (nSPS) is 17.0. The van der Waals surface area contributed by atoms with E-state index >= 15 is 0 Å². The highest BCUT2D eigenvalue weighted by atomic mass is 16.6. The van der Waals surface area contributed by atoms with Gasteiger partial charge < -0.3 is 0 Å². The zero-order valence-corrected chi connectivity index (χ0v) is 13.0. The van der Waals surface area contributed by atoms with E-state index in [1.54, 1.807) is 0 Å². The number of carbonyl (C=O) groups is 1. The van der Waals surface area contributed by atoms with Gasteiger partial charge >= 0.3 is 0 Å². The molecule has 0 aromatic heterocycles. The summed E-state index contributed by atoms with van der Waals surface area (Å²) >= 11 is 0. The SMILES string of the molecule is CCONC(=O)C1=NN(c2ccccc2)[C@H](c2ccccc2)C1. The van der Waals surface area contributed by atoms with Gasteiger partial charge in [0.15, 0.2) is 0 Å². The number of hydrazone groups is 1. The lowest BCUT2D eigenvalue weighted by Gasteiger charge is -2.23. The second kappa shape index (κ2) is 7.07. The van der Waals surface area contributed by atoms with Crippen LogP contribution in [0.4, 0.5) is 5.69 Å². The Morgan fingerprint density at radius 1 is 1.17 bits per heavy atom. The lowest BCUT2D eigenvalue weighted by atomic mass is 10.0. The lowest BCUT2D eigenvalue weighted by Crippen LogP contribution is -2.30. The third-order valence-corrected chi connectivity index (χ3v) is 3.69. The van der Waals surface area contributed by atoms with Gasteiger partial charge in [0.05, 0.1) is 18.3 Å². The first kappa shape index (κ1) is 15.2. The fourth-order valence-electron chi connectivity index (χ4n) is 2.60.